The van der Waals surface area contributed by atoms with Crippen molar-refractivity contribution in [1.82, 2.24) is 9.97 Å². The fourth-order valence-corrected chi connectivity index (χ4v) is 2.90. The smallest absolute Gasteiger partial charge is 0.159 e. The Balaban J connectivity index is 1.56. The molecule has 1 aromatic heterocycles. The van der Waals surface area contributed by atoms with E-state index in [1.165, 1.54) is 31.2 Å². The van der Waals surface area contributed by atoms with Crippen molar-refractivity contribution in [3.63, 3.8) is 0 Å². The second-order valence-corrected chi connectivity index (χ2v) is 6.47. The van der Waals surface area contributed by atoms with Crippen LogP contribution in [0.2, 0.25) is 0 Å². The molecular weight excluding hydrogens is 272 g/mol. The summed E-state index contributed by atoms with van der Waals surface area (Å²) in [5.74, 6) is 1.65. The van der Waals surface area contributed by atoms with E-state index in [2.05, 4.69) is 41.2 Å². The van der Waals surface area contributed by atoms with Gasteiger partial charge in [-0.3, -0.25) is 0 Å². The van der Waals surface area contributed by atoms with Gasteiger partial charge in [-0.2, -0.15) is 0 Å². The summed E-state index contributed by atoms with van der Waals surface area (Å²) in [7, 11) is 0. The van der Waals surface area contributed by atoms with Gasteiger partial charge in [-0.1, -0.05) is 31.2 Å². The second-order valence-electron chi connectivity index (χ2n) is 6.47. The highest BCUT2D eigenvalue weighted by atomic mass is 16.5. The predicted molar refractivity (Wildman–Crippen MR) is 88.4 cm³/mol. The van der Waals surface area contributed by atoms with E-state index < -0.39 is 0 Å². The van der Waals surface area contributed by atoms with E-state index in [4.69, 9.17) is 4.74 Å². The van der Waals surface area contributed by atoms with Gasteiger partial charge in [0.05, 0.1) is 12.7 Å². The van der Waals surface area contributed by atoms with Crippen LogP contribution in [0.15, 0.2) is 36.7 Å². The molecular formula is C19H24N2O. The Hall–Kier alpha value is -1.74. The first-order valence-electron chi connectivity index (χ1n) is 8.20. The van der Waals surface area contributed by atoms with Crippen molar-refractivity contribution in [2.75, 3.05) is 0 Å². The van der Waals surface area contributed by atoms with Crippen LogP contribution in [-0.2, 0) is 11.3 Å². The van der Waals surface area contributed by atoms with Crippen LogP contribution in [0.4, 0.5) is 0 Å². The lowest BCUT2D eigenvalue weighted by molar-refractivity contribution is 0.00878. The number of aromatic nitrogens is 2. The third-order valence-corrected chi connectivity index (χ3v) is 4.44. The van der Waals surface area contributed by atoms with Crippen LogP contribution in [0.3, 0.4) is 0 Å². The lowest BCUT2D eigenvalue weighted by Crippen LogP contribution is -2.20. The average Bonchev–Trinajstić information content (AvgIpc) is 2.56. The zero-order valence-corrected chi connectivity index (χ0v) is 13.5. The molecule has 0 spiro atoms. The molecule has 0 aliphatic heterocycles. The van der Waals surface area contributed by atoms with Gasteiger partial charge in [0, 0.05) is 18.0 Å². The van der Waals surface area contributed by atoms with Crippen LogP contribution in [0.1, 0.15) is 43.7 Å². The number of ether oxygens (including phenoxy) is 1. The standard InChI is InChI=1S/C19H24N2O/c1-14-3-9-18(10-4-14)22-13-16-5-7-17(8-6-16)19-20-11-15(2)12-21-19/h5-8,11-12,14,18H,3-4,9-10,13H2,1-2H3. The summed E-state index contributed by atoms with van der Waals surface area (Å²) in [6.45, 7) is 5.03. The van der Waals surface area contributed by atoms with Gasteiger partial charge in [0.2, 0.25) is 0 Å². The fraction of sp³-hybridized carbons (Fsp3) is 0.474. The first-order chi connectivity index (χ1) is 10.7. The summed E-state index contributed by atoms with van der Waals surface area (Å²) in [5, 5.41) is 0. The van der Waals surface area contributed by atoms with Crippen molar-refractivity contribution in [2.24, 2.45) is 5.92 Å². The molecule has 0 amide bonds. The van der Waals surface area contributed by atoms with Crippen molar-refractivity contribution in [3.05, 3.63) is 47.8 Å². The van der Waals surface area contributed by atoms with Crippen LogP contribution in [0.25, 0.3) is 11.4 Å². The van der Waals surface area contributed by atoms with Gasteiger partial charge in [0.25, 0.3) is 0 Å². The number of benzene rings is 1. The topological polar surface area (TPSA) is 35.0 Å². The fourth-order valence-electron chi connectivity index (χ4n) is 2.90. The predicted octanol–water partition coefficient (Wildman–Crippen LogP) is 4.55. The van der Waals surface area contributed by atoms with Crippen LogP contribution in [-0.4, -0.2) is 16.1 Å². The summed E-state index contributed by atoms with van der Waals surface area (Å²) in [4.78, 5) is 8.72. The highest BCUT2D eigenvalue weighted by molar-refractivity contribution is 5.54. The summed E-state index contributed by atoms with van der Waals surface area (Å²) >= 11 is 0. The number of hydrogen-bond donors (Lipinski definition) is 0. The Kier molecular flexibility index (Phi) is 4.84. The van der Waals surface area contributed by atoms with E-state index >= 15 is 0 Å². The monoisotopic (exact) mass is 296 g/mol. The molecule has 0 saturated heterocycles. The molecule has 2 aromatic rings. The van der Waals surface area contributed by atoms with Crippen molar-refractivity contribution < 1.29 is 4.74 Å². The molecule has 1 heterocycles. The maximum atomic E-state index is 6.05. The lowest BCUT2D eigenvalue weighted by atomic mass is 9.89. The van der Waals surface area contributed by atoms with Gasteiger partial charge < -0.3 is 4.74 Å². The van der Waals surface area contributed by atoms with E-state index in [0.717, 1.165) is 22.9 Å². The maximum Gasteiger partial charge on any atom is 0.159 e. The number of aryl methyl sites for hydroxylation is 1. The van der Waals surface area contributed by atoms with E-state index in [9.17, 15) is 0 Å². The first-order valence-corrected chi connectivity index (χ1v) is 8.20. The Bertz CT molecular complexity index is 584. The molecule has 3 rings (SSSR count). The van der Waals surface area contributed by atoms with Gasteiger partial charge in [0.15, 0.2) is 5.82 Å². The van der Waals surface area contributed by atoms with Crippen LogP contribution in [0, 0.1) is 12.8 Å². The van der Waals surface area contributed by atoms with Gasteiger partial charge in [-0.05, 0) is 49.7 Å². The van der Waals surface area contributed by atoms with Crippen LogP contribution >= 0.6 is 0 Å². The van der Waals surface area contributed by atoms with Crippen LogP contribution in [0.5, 0.6) is 0 Å². The molecule has 0 bridgehead atoms. The molecule has 0 atom stereocenters. The van der Waals surface area contributed by atoms with Gasteiger partial charge in [-0.25, -0.2) is 9.97 Å². The second kappa shape index (κ2) is 7.01. The van der Waals surface area contributed by atoms with Gasteiger partial charge in [-0.15, -0.1) is 0 Å². The van der Waals surface area contributed by atoms with Crippen molar-refractivity contribution in [3.8, 4) is 11.4 Å². The molecule has 1 aromatic carbocycles. The van der Waals surface area contributed by atoms with Gasteiger partial charge >= 0.3 is 0 Å². The molecule has 0 N–H and O–H groups in total. The Morgan fingerprint density at radius 1 is 1.00 bits per heavy atom. The SMILES string of the molecule is Cc1cnc(-c2ccc(COC3CCC(C)CC3)cc2)nc1. The van der Waals surface area contributed by atoms with Gasteiger partial charge in [0.1, 0.15) is 0 Å². The third-order valence-electron chi connectivity index (χ3n) is 4.44. The van der Waals surface area contributed by atoms with Crippen molar-refractivity contribution in [2.45, 2.75) is 52.2 Å². The first kappa shape index (κ1) is 15.2. The average molecular weight is 296 g/mol. The number of hydrogen-bond acceptors (Lipinski definition) is 3. The molecule has 3 nitrogen and oxygen atoms in total. The number of nitrogens with zero attached hydrogens (tertiary/aromatic N) is 2. The zero-order chi connectivity index (χ0) is 15.4. The number of rotatable bonds is 4. The van der Waals surface area contributed by atoms with E-state index in [0.29, 0.717) is 12.7 Å². The molecule has 3 heteroatoms. The zero-order valence-electron chi connectivity index (χ0n) is 13.5. The molecule has 0 unspecified atom stereocenters. The maximum absolute atomic E-state index is 6.05. The summed E-state index contributed by atoms with van der Waals surface area (Å²) < 4.78 is 6.05. The molecule has 22 heavy (non-hydrogen) atoms. The highest BCUT2D eigenvalue weighted by Crippen LogP contribution is 2.26. The van der Waals surface area contributed by atoms with E-state index in [1.54, 1.807) is 0 Å². The normalized spacial score (nSPS) is 21.7. The lowest BCUT2D eigenvalue weighted by Gasteiger charge is -2.26. The van der Waals surface area contributed by atoms with E-state index in [-0.39, 0.29) is 0 Å². The summed E-state index contributed by atoms with van der Waals surface area (Å²) in [6.07, 6.45) is 9.15. The Morgan fingerprint density at radius 2 is 1.64 bits per heavy atom. The largest absolute Gasteiger partial charge is 0.374 e. The summed E-state index contributed by atoms with van der Waals surface area (Å²) in [5.41, 5.74) is 3.35. The third kappa shape index (κ3) is 3.92. The van der Waals surface area contributed by atoms with E-state index in [1.807, 2.05) is 19.3 Å². The molecule has 1 aliphatic carbocycles. The highest BCUT2D eigenvalue weighted by Gasteiger charge is 2.18. The Morgan fingerprint density at radius 3 is 2.27 bits per heavy atom. The van der Waals surface area contributed by atoms with Crippen molar-refractivity contribution >= 4 is 0 Å². The van der Waals surface area contributed by atoms with Crippen LogP contribution < -0.4 is 0 Å². The molecule has 1 aliphatic rings. The molecule has 1 fully saturated rings. The molecule has 0 radical (unpaired) electrons. The molecule has 116 valence electrons. The quantitative estimate of drug-likeness (QED) is 0.830. The minimum atomic E-state index is 0.441. The summed E-state index contributed by atoms with van der Waals surface area (Å²) in [6, 6.07) is 8.38. The van der Waals surface area contributed by atoms with Crippen molar-refractivity contribution in [1.29, 1.82) is 0 Å². The molecule has 1 saturated carbocycles. The Labute approximate surface area is 132 Å². The minimum Gasteiger partial charge on any atom is -0.374 e. The minimum absolute atomic E-state index is 0.441.